The molecule has 5 nitrogen and oxygen atoms in total. The Hall–Kier alpha value is -2.71. The zero-order valence-corrected chi connectivity index (χ0v) is 14.6. The zero-order valence-electron chi connectivity index (χ0n) is 13.8. The van der Waals surface area contributed by atoms with Gasteiger partial charge in [0.15, 0.2) is 11.4 Å². The average molecular weight is 354 g/mol. The first-order valence-electron chi connectivity index (χ1n) is 8.00. The van der Waals surface area contributed by atoms with Gasteiger partial charge in [-0.1, -0.05) is 16.8 Å². The Bertz CT molecular complexity index is 1000. The number of hydrogen-bond donors (Lipinski definition) is 1. The van der Waals surface area contributed by atoms with Gasteiger partial charge in [-0.15, -0.1) is 0 Å². The third-order valence-corrected chi connectivity index (χ3v) is 4.57. The van der Waals surface area contributed by atoms with E-state index in [1.807, 2.05) is 32.0 Å². The van der Waals surface area contributed by atoms with E-state index in [2.05, 4.69) is 16.5 Å². The normalized spacial score (nSPS) is 18.2. The fraction of sp³-hybridized carbons (Fsp3) is 0.263. The number of nitrogens with zero attached hydrogens (tertiary/aromatic N) is 2. The maximum Gasteiger partial charge on any atom is 0.177 e. The van der Waals surface area contributed by atoms with Crippen LogP contribution < -0.4 is 10.1 Å². The van der Waals surface area contributed by atoms with Crippen LogP contribution in [-0.2, 0) is 0 Å². The van der Waals surface area contributed by atoms with E-state index in [0.717, 1.165) is 23.1 Å². The van der Waals surface area contributed by atoms with Crippen molar-refractivity contribution in [3.8, 4) is 11.8 Å². The van der Waals surface area contributed by atoms with Gasteiger partial charge < -0.3 is 14.6 Å². The summed E-state index contributed by atoms with van der Waals surface area (Å²) in [6.45, 7) is 4.08. The van der Waals surface area contributed by atoms with E-state index >= 15 is 0 Å². The van der Waals surface area contributed by atoms with Gasteiger partial charge in [-0.3, -0.25) is 0 Å². The van der Waals surface area contributed by atoms with Crippen LogP contribution in [0.4, 0.5) is 5.82 Å². The number of anilines is 1. The summed E-state index contributed by atoms with van der Waals surface area (Å²) < 4.78 is 11.4. The van der Waals surface area contributed by atoms with Gasteiger partial charge in [-0.05, 0) is 50.2 Å². The monoisotopic (exact) mass is 353 g/mol. The van der Waals surface area contributed by atoms with Crippen molar-refractivity contribution >= 4 is 28.4 Å². The van der Waals surface area contributed by atoms with Crippen LogP contribution in [0, 0.1) is 11.3 Å². The van der Waals surface area contributed by atoms with Crippen molar-refractivity contribution in [1.29, 1.82) is 5.26 Å². The Labute approximate surface area is 150 Å². The first-order chi connectivity index (χ1) is 11.9. The van der Waals surface area contributed by atoms with Crippen molar-refractivity contribution in [2.75, 3.05) is 5.32 Å². The topological polar surface area (TPSA) is 71.1 Å². The molecule has 6 heteroatoms. The van der Waals surface area contributed by atoms with Gasteiger partial charge in [0.05, 0.1) is 23.1 Å². The van der Waals surface area contributed by atoms with Crippen molar-refractivity contribution in [2.45, 2.75) is 31.9 Å². The molecule has 0 unspecified atom stereocenters. The summed E-state index contributed by atoms with van der Waals surface area (Å²) in [6.07, 6.45) is 0.726. The lowest BCUT2D eigenvalue weighted by Crippen LogP contribution is -2.37. The summed E-state index contributed by atoms with van der Waals surface area (Å²) in [4.78, 5) is 0. The van der Waals surface area contributed by atoms with Crippen LogP contribution in [0.1, 0.15) is 37.4 Å². The first-order valence-corrected chi connectivity index (χ1v) is 8.37. The first kappa shape index (κ1) is 15.8. The van der Waals surface area contributed by atoms with Crippen molar-refractivity contribution < 1.29 is 9.26 Å². The summed E-state index contributed by atoms with van der Waals surface area (Å²) in [5.41, 5.74) is 1.87. The van der Waals surface area contributed by atoms with Crippen molar-refractivity contribution in [1.82, 2.24) is 5.16 Å². The smallest absolute Gasteiger partial charge is 0.177 e. The number of aromatic nitrogens is 1. The molecule has 0 saturated carbocycles. The minimum atomic E-state index is -0.337. The number of nitrogens with one attached hydrogen (secondary N) is 1. The molecule has 4 rings (SSSR count). The minimum Gasteiger partial charge on any atom is -0.487 e. The average Bonchev–Trinajstić information content (AvgIpc) is 2.96. The predicted molar refractivity (Wildman–Crippen MR) is 95.9 cm³/mol. The van der Waals surface area contributed by atoms with E-state index in [4.69, 9.17) is 20.9 Å². The molecule has 0 fully saturated rings. The van der Waals surface area contributed by atoms with Crippen LogP contribution >= 0.6 is 11.6 Å². The van der Waals surface area contributed by atoms with Gasteiger partial charge in [0.2, 0.25) is 0 Å². The van der Waals surface area contributed by atoms with E-state index < -0.39 is 0 Å². The van der Waals surface area contributed by atoms with Gasteiger partial charge in [0.25, 0.3) is 0 Å². The van der Waals surface area contributed by atoms with E-state index in [-0.39, 0.29) is 11.6 Å². The minimum absolute atomic E-state index is 0.0562. The molecule has 1 N–H and O–H groups in total. The van der Waals surface area contributed by atoms with Gasteiger partial charge in [0.1, 0.15) is 11.4 Å². The van der Waals surface area contributed by atoms with Crippen LogP contribution in [0.15, 0.2) is 40.9 Å². The SMILES string of the molecule is CC1(C)C[C@H](Nc2noc3ccc(Cl)cc23)c2cc(C#N)ccc2O1. The summed E-state index contributed by atoms with van der Waals surface area (Å²) >= 11 is 6.10. The number of halogens is 1. The second kappa shape index (κ2) is 5.68. The van der Waals surface area contributed by atoms with Crippen LogP contribution in [0.2, 0.25) is 5.02 Å². The molecular weight excluding hydrogens is 338 g/mol. The Balaban J connectivity index is 1.77. The molecule has 3 aromatic rings. The summed E-state index contributed by atoms with van der Waals surface area (Å²) in [5.74, 6) is 1.41. The van der Waals surface area contributed by atoms with E-state index in [9.17, 15) is 5.26 Å². The molecule has 0 spiro atoms. The standard InChI is InChI=1S/C19H16ClN3O2/c1-19(2)9-15(13-7-11(10-21)3-5-16(13)24-19)22-18-14-8-12(20)4-6-17(14)25-23-18/h3-8,15H,9H2,1-2H3,(H,22,23)/t15-/m0/s1. The molecule has 126 valence electrons. The molecule has 0 amide bonds. The summed E-state index contributed by atoms with van der Waals surface area (Å²) in [6, 6.07) is 13.0. The van der Waals surface area contributed by atoms with Crippen LogP contribution in [0.5, 0.6) is 5.75 Å². The molecule has 1 aromatic heterocycles. The molecule has 25 heavy (non-hydrogen) atoms. The largest absolute Gasteiger partial charge is 0.487 e. The van der Waals surface area contributed by atoms with Crippen LogP contribution in [0.3, 0.4) is 0 Å². The van der Waals surface area contributed by atoms with E-state index in [1.54, 1.807) is 18.2 Å². The zero-order chi connectivity index (χ0) is 17.6. The third-order valence-electron chi connectivity index (χ3n) is 4.34. The molecule has 0 saturated heterocycles. The fourth-order valence-corrected chi connectivity index (χ4v) is 3.41. The van der Waals surface area contributed by atoms with Crippen LogP contribution in [-0.4, -0.2) is 10.8 Å². The summed E-state index contributed by atoms with van der Waals surface area (Å²) in [5, 5.41) is 18.2. The lowest BCUT2D eigenvalue weighted by atomic mass is 9.89. The molecule has 1 aliphatic rings. The van der Waals surface area contributed by atoms with Crippen molar-refractivity contribution in [2.24, 2.45) is 0 Å². The lowest BCUT2D eigenvalue weighted by molar-refractivity contribution is 0.0758. The predicted octanol–water partition coefficient (Wildman–Crippen LogP) is 5.07. The summed E-state index contributed by atoms with van der Waals surface area (Å²) in [7, 11) is 0. The molecule has 0 bridgehead atoms. The second-order valence-electron chi connectivity index (χ2n) is 6.80. The molecule has 2 heterocycles. The van der Waals surface area contributed by atoms with Gasteiger partial charge in [0, 0.05) is 17.0 Å². The van der Waals surface area contributed by atoms with Crippen LogP contribution in [0.25, 0.3) is 11.0 Å². The lowest BCUT2D eigenvalue weighted by Gasteiger charge is -2.38. The van der Waals surface area contributed by atoms with Crippen molar-refractivity contribution in [3.63, 3.8) is 0 Å². The Morgan fingerprint density at radius 3 is 2.92 bits per heavy atom. The highest BCUT2D eigenvalue weighted by molar-refractivity contribution is 6.31. The highest BCUT2D eigenvalue weighted by Gasteiger charge is 2.34. The quantitative estimate of drug-likeness (QED) is 0.696. The molecule has 1 aliphatic heterocycles. The number of benzene rings is 2. The second-order valence-corrected chi connectivity index (χ2v) is 7.24. The molecule has 0 radical (unpaired) electrons. The highest BCUT2D eigenvalue weighted by atomic mass is 35.5. The maximum atomic E-state index is 9.20. The van der Waals surface area contributed by atoms with Gasteiger partial charge >= 0.3 is 0 Å². The third kappa shape index (κ3) is 2.90. The molecule has 2 aromatic carbocycles. The van der Waals surface area contributed by atoms with Gasteiger partial charge in [-0.25, -0.2) is 0 Å². The molecule has 0 aliphatic carbocycles. The van der Waals surface area contributed by atoms with Gasteiger partial charge in [-0.2, -0.15) is 5.26 Å². The number of ether oxygens (including phenoxy) is 1. The number of hydrogen-bond acceptors (Lipinski definition) is 5. The maximum absolute atomic E-state index is 9.20. The molecular formula is C19H16ClN3O2. The number of nitriles is 1. The number of rotatable bonds is 2. The van der Waals surface area contributed by atoms with Crippen molar-refractivity contribution in [3.05, 3.63) is 52.5 Å². The number of fused-ring (bicyclic) bond motifs is 2. The Morgan fingerprint density at radius 2 is 2.12 bits per heavy atom. The fourth-order valence-electron chi connectivity index (χ4n) is 3.23. The van der Waals surface area contributed by atoms with E-state index in [1.165, 1.54) is 0 Å². The van der Waals surface area contributed by atoms with E-state index in [0.29, 0.717) is 22.0 Å². The Kier molecular flexibility index (Phi) is 3.59. The molecule has 1 atom stereocenters. The Morgan fingerprint density at radius 1 is 1.28 bits per heavy atom. The highest BCUT2D eigenvalue weighted by Crippen LogP contribution is 2.42.